The number of carbonyl (C=O) groups is 1. The Labute approximate surface area is 175 Å². The fraction of sp³-hybridized carbons (Fsp3) is 0.300. The third kappa shape index (κ3) is 5.08. The second kappa shape index (κ2) is 9.14. The molecule has 3 aromatic rings. The number of hydrogen-bond acceptors (Lipinski definition) is 6. The Morgan fingerprint density at radius 1 is 1.10 bits per heavy atom. The van der Waals surface area contributed by atoms with Gasteiger partial charge in [-0.15, -0.1) is 10.2 Å². The molecule has 0 radical (unpaired) electrons. The molecular weight excluding hydrogens is 404 g/mol. The van der Waals surface area contributed by atoms with E-state index < -0.39 is 10.0 Å². The minimum atomic E-state index is -3.53. The Bertz CT molecular complexity index is 1100. The number of hydrogen-bond donors (Lipinski definition) is 1. The first kappa shape index (κ1) is 21.6. The molecule has 9 nitrogen and oxygen atoms in total. The Morgan fingerprint density at radius 2 is 1.77 bits per heavy atom. The van der Waals surface area contributed by atoms with E-state index in [9.17, 15) is 13.2 Å². The molecule has 3 rings (SSSR count). The van der Waals surface area contributed by atoms with Gasteiger partial charge in [-0.3, -0.25) is 4.79 Å². The number of carbonyl (C=O) groups excluding carboxylic acids is 1. The van der Waals surface area contributed by atoms with E-state index in [0.29, 0.717) is 5.82 Å². The number of sulfonamides is 1. The van der Waals surface area contributed by atoms with Crippen LogP contribution in [0.1, 0.15) is 19.4 Å². The van der Waals surface area contributed by atoms with Crippen LogP contribution >= 0.6 is 0 Å². The van der Waals surface area contributed by atoms with Crippen molar-refractivity contribution in [2.45, 2.75) is 37.9 Å². The van der Waals surface area contributed by atoms with Crippen molar-refractivity contribution >= 4 is 15.9 Å². The number of aromatic nitrogens is 4. The summed E-state index contributed by atoms with van der Waals surface area (Å²) in [5.74, 6) is 0.176. The molecule has 0 aliphatic carbocycles. The topological polar surface area (TPSA) is 110 Å². The molecule has 0 saturated heterocycles. The van der Waals surface area contributed by atoms with Gasteiger partial charge in [-0.05, 0) is 36.8 Å². The Kier molecular flexibility index (Phi) is 6.58. The van der Waals surface area contributed by atoms with Crippen LogP contribution in [0.3, 0.4) is 0 Å². The second-order valence-corrected chi connectivity index (χ2v) is 9.04. The van der Waals surface area contributed by atoms with Crippen molar-refractivity contribution in [1.82, 2.24) is 29.8 Å². The average Bonchev–Trinajstić information content (AvgIpc) is 3.21. The third-order valence-corrected chi connectivity index (χ3v) is 6.63. The maximum Gasteiger partial charge on any atom is 0.243 e. The number of rotatable bonds is 8. The molecule has 0 bridgehead atoms. The second-order valence-electron chi connectivity index (χ2n) is 7.05. The molecule has 0 saturated carbocycles. The van der Waals surface area contributed by atoms with Gasteiger partial charge in [-0.25, -0.2) is 8.42 Å². The molecule has 0 aliphatic heterocycles. The highest BCUT2D eigenvalue weighted by molar-refractivity contribution is 7.89. The summed E-state index contributed by atoms with van der Waals surface area (Å²) in [7, 11) is -1.98. The number of benzene rings is 2. The minimum absolute atomic E-state index is 0.0640. The smallest absolute Gasteiger partial charge is 0.243 e. The fourth-order valence-corrected chi connectivity index (χ4v) is 3.99. The van der Waals surface area contributed by atoms with Crippen LogP contribution in [0.5, 0.6) is 0 Å². The van der Waals surface area contributed by atoms with Gasteiger partial charge in [0.2, 0.25) is 21.8 Å². The highest BCUT2D eigenvalue weighted by Gasteiger charge is 2.22. The van der Waals surface area contributed by atoms with Gasteiger partial charge in [0.15, 0.2) is 0 Å². The van der Waals surface area contributed by atoms with Crippen LogP contribution in [0.25, 0.3) is 11.4 Å². The normalized spacial score (nSPS) is 11.8. The first-order valence-corrected chi connectivity index (χ1v) is 10.9. The van der Waals surface area contributed by atoms with Crippen LogP contribution in [-0.2, 0) is 27.9 Å². The summed E-state index contributed by atoms with van der Waals surface area (Å²) in [6, 6.07) is 15.7. The first-order valence-electron chi connectivity index (χ1n) is 9.44. The van der Waals surface area contributed by atoms with Crippen molar-refractivity contribution in [1.29, 1.82) is 0 Å². The van der Waals surface area contributed by atoms with Crippen molar-refractivity contribution in [3.05, 3.63) is 60.2 Å². The van der Waals surface area contributed by atoms with E-state index in [4.69, 9.17) is 0 Å². The van der Waals surface area contributed by atoms with Gasteiger partial charge in [0.05, 0.1) is 4.90 Å². The molecule has 0 fully saturated rings. The molecular formula is C20H24N6O3S. The maximum absolute atomic E-state index is 12.5. The van der Waals surface area contributed by atoms with Gasteiger partial charge in [-0.2, -0.15) is 9.10 Å². The van der Waals surface area contributed by atoms with E-state index in [1.54, 1.807) is 31.3 Å². The lowest BCUT2D eigenvalue weighted by molar-refractivity contribution is -0.122. The molecule has 0 spiro atoms. The number of amides is 1. The van der Waals surface area contributed by atoms with Gasteiger partial charge in [0.25, 0.3) is 0 Å². The molecule has 1 amide bonds. The SMILES string of the molecule is CC(C)N(C)S(=O)(=O)c1ccc(CNC(=O)Cn2nnc(-c3ccccc3)n2)cc1. The molecule has 158 valence electrons. The molecule has 1 aromatic heterocycles. The van der Waals surface area contributed by atoms with Crippen LogP contribution in [0, 0.1) is 0 Å². The van der Waals surface area contributed by atoms with Crippen molar-refractivity contribution in [3.8, 4) is 11.4 Å². The zero-order chi connectivity index (χ0) is 21.7. The predicted octanol–water partition coefficient (Wildman–Crippen LogP) is 1.69. The van der Waals surface area contributed by atoms with Gasteiger partial charge in [-0.1, -0.05) is 42.5 Å². The van der Waals surface area contributed by atoms with Crippen molar-refractivity contribution in [3.63, 3.8) is 0 Å². The van der Waals surface area contributed by atoms with Crippen LogP contribution < -0.4 is 5.32 Å². The van der Waals surface area contributed by atoms with E-state index >= 15 is 0 Å². The van der Waals surface area contributed by atoms with Crippen LogP contribution in [0.4, 0.5) is 0 Å². The monoisotopic (exact) mass is 428 g/mol. The minimum Gasteiger partial charge on any atom is -0.350 e. The van der Waals surface area contributed by atoms with Crippen LogP contribution in [-0.4, -0.2) is 51.9 Å². The van der Waals surface area contributed by atoms with Crippen molar-refractivity contribution < 1.29 is 13.2 Å². The zero-order valence-electron chi connectivity index (χ0n) is 17.1. The van der Waals surface area contributed by atoms with Crippen LogP contribution in [0.15, 0.2) is 59.5 Å². The molecule has 2 aromatic carbocycles. The largest absolute Gasteiger partial charge is 0.350 e. The van der Waals surface area contributed by atoms with Gasteiger partial charge < -0.3 is 5.32 Å². The summed E-state index contributed by atoms with van der Waals surface area (Å²) < 4.78 is 26.3. The van der Waals surface area contributed by atoms with Gasteiger partial charge in [0.1, 0.15) is 6.54 Å². The van der Waals surface area contributed by atoms with E-state index in [1.807, 2.05) is 44.2 Å². The number of nitrogens with one attached hydrogen (secondary N) is 1. The zero-order valence-corrected chi connectivity index (χ0v) is 17.9. The lowest BCUT2D eigenvalue weighted by Gasteiger charge is -2.21. The summed E-state index contributed by atoms with van der Waals surface area (Å²) in [5, 5.41) is 14.8. The Balaban J connectivity index is 1.56. The summed E-state index contributed by atoms with van der Waals surface area (Å²) in [6.45, 7) is 3.83. The summed E-state index contributed by atoms with van der Waals surface area (Å²) >= 11 is 0. The van der Waals surface area contributed by atoms with E-state index in [-0.39, 0.29) is 29.9 Å². The van der Waals surface area contributed by atoms with E-state index in [1.165, 1.54) is 9.10 Å². The highest BCUT2D eigenvalue weighted by Crippen LogP contribution is 2.17. The summed E-state index contributed by atoms with van der Waals surface area (Å²) in [4.78, 5) is 13.6. The number of tetrazole rings is 1. The molecule has 0 unspecified atom stereocenters. The molecule has 10 heteroatoms. The summed E-state index contributed by atoms with van der Waals surface area (Å²) in [6.07, 6.45) is 0. The molecule has 1 N–H and O–H groups in total. The van der Waals surface area contributed by atoms with Crippen molar-refractivity contribution in [2.24, 2.45) is 0 Å². The van der Waals surface area contributed by atoms with Crippen LogP contribution in [0.2, 0.25) is 0 Å². The molecule has 0 atom stereocenters. The van der Waals surface area contributed by atoms with E-state index in [2.05, 4.69) is 20.7 Å². The Morgan fingerprint density at radius 3 is 2.40 bits per heavy atom. The maximum atomic E-state index is 12.5. The summed E-state index contributed by atoms with van der Waals surface area (Å²) in [5.41, 5.74) is 1.60. The third-order valence-electron chi connectivity index (χ3n) is 4.59. The lowest BCUT2D eigenvalue weighted by atomic mass is 10.2. The molecule has 30 heavy (non-hydrogen) atoms. The predicted molar refractivity (Wildman–Crippen MR) is 112 cm³/mol. The lowest BCUT2D eigenvalue weighted by Crippen LogP contribution is -2.33. The first-order chi connectivity index (χ1) is 14.3. The van der Waals surface area contributed by atoms with E-state index in [0.717, 1.165) is 11.1 Å². The van der Waals surface area contributed by atoms with Gasteiger partial charge in [0, 0.05) is 25.2 Å². The quantitative estimate of drug-likeness (QED) is 0.585. The Hall–Kier alpha value is -3.11. The van der Waals surface area contributed by atoms with Crippen molar-refractivity contribution in [2.75, 3.05) is 7.05 Å². The molecule has 0 aliphatic rings. The fourth-order valence-electron chi connectivity index (χ4n) is 2.62. The number of nitrogens with zero attached hydrogens (tertiary/aromatic N) is 5. The molecule has 1 heterocycles. The van der Waals surface area contributed by atoms with Gasteiger partial charge >= 0.3 is 0 Å². The standard InChI is InChI=1S/C20H24N6O3S/c1-15(2)25(3)30(28,29)18-11-9-16(10-12-18)13-21-19(27)14-26-23-20(22-24-26)17-7-5-4-6-8-17/h4-12,15H,13-14H2,1-3H3,(H,21,27). The average molecular weight is 429 g/mol. The highest BCUT2D eigenvalue weighted by atomic mass is 32.2.